The number of carbonyl (C=O) groups excluding carboxylic acids is 1. The summed E-state index contributed by atoms with van der Waals surface area (Å²) in [5.41, 5.74) is 4.64. The molecule has 1 rings (SSSR count). The lowest BCUT2D eigenvalue weighted by atomic mass is 10.0. The van der Waals surface area contributed by atoms with E-state index in [-0.39, 0.29) is 5.91 Å². The van der Waals surface area contributed by atoms with Crippen LogP contribution in [0.1, 0.15) is 39.5 Å². The van der Waals surface area contributed by atoms with Gasteiger partial charge in [0.05, 0.1) is 6.61 Å². The minimum absolute atomic E-state index is 0.347. The van der Waals surface area contributed by atoms with Crippen LogP contribution in [-0.4, -0.2) is 31.2 Å². The van der Waals surface area contributed by atoms with Crippen LogP contribution >= 0.6 is 0 Å². The van der Waals surface area contributed by atoms with Crippen molar-refractivity contribution >= 4 is 5.91 Å². The van der Waals surface area contributed by atoms with Crippen molar-refractivity contribution in [2.75, 3.05) is 19.8 Å². The molecule has 0 bridgehead atoms. The topological polar surface area (TPSA) is 64.3 Å². The highest BCUT2D eigenvalue weighted by Gasteiger charge is 2.30. The second kappa shape index (κ2) is 6.21. The van der Waals surface area contributed by atoms with Crippen LogP contribution in [-0.2, 0) is 9.53 Å². The van der Waals surface area contributed by atoms with Crippen molar-refractivity contribution in [1.29, 1.82) is 0 Å². The smallest absolute Gasteiger partial charge is 0.239 e. The van der Waals surface area contributed by atoms with Crippen LogP contribution in [0, 0.1) is 5.92 Å². The molecule has 3 N–H and O–H groups in total. The van der Waals surface area contributed by atoms with Crippen molar-refractivity contribution in [1.82, 2.24) is 5.32 Å². The van der Waals surface area contributed by atoms with E-state index >= 15 is 0 Å². The fourth-order valence-electron chi connectivity index (χ4n) is 2.21. The Kier molecular flexibility index (Phi) is 5.22. The average Bonchev–Trinajstić information content (AvgIpc) is 2.70. The molecule has 1 fully saturated rings. The molecule has 0 aliphatic heterocycles. The fraction of sp³-hybridized carbons (Fsp3) is 0.917. The molecule has 1 atom stereocenters. The predicted octanol–water partition coefficient (Wildman–Crippen LogP) is 1.05. The van der Waals surface area contributed by atoms with Crippen molar-refractivity contribution in [3.05, 3.63) is 0 Å². The van der Waals surface area contributed by atoms with Crippen LogP contribution in [0.5, 0.6) is 0 Å². The van der Waals surface area contributed by atoms with Crippen LogP contribution in [0.2, 0.25) is 0 Å². The Balaban J connectivity index is 2.29. The van der Waals surface area contributed by atoms with Crippen LogP contribution in [0.4, 0.5) is 0 Å². The molecule has 0 aromatic carbocycles. The Morgan fingerprint density at radius 2 is 2.12 bits per heavy atom. The van der Waals surface area contributed by atoms with Crippen LogP contribution in [0.3, 0.4) is 0 Å². The summed E-state index contributed by atoms with van der Waals surface area (Å²) in [4.78, 5) is 11.3. The van der Waals surface area contributed by atoms with Crippen LogP contribution < -0.4 is 11.1 Å². The van der Waals surface area contributed by atoms with Gasteiger partial charge in [-0.1, -0.05) is 19.8 Å². The van der Waals surface area contributed by atoms with Gasteiger partial charge in [0.1, 0.15) is 5.54 Å². The van der Waals surface area contributed by atoms with Gasteiger partial charge in [-0.15, -0.1) is 0 Å². The van der Waals surface area contributed by atoms with E-state index < -0.39 is 5.54 Å². The summed E-state index contributed by atoms with van der Waals surface area (Å²) in [6, 6.07) is 0. The monoisotopic (exact) mass is 228 g/mol. The van der Waals surface area contributed by atoms with Gasteiger partial charge in [0.2, 0.25) is 5.91 Å². The highest BCUT2D eigenvalue weighted by molar-refractivity contribution is 5.84. The summed E-state index contributed by atoms with van der Waals surface area (Å²) in [7, 11) is 0. The van der Waals surface area contributed by atoms with Gasteiger partial charge >= 0.3 is 0 Å². The number of nitrogens with one attached hydrogen (secondary N) is 1. The second-order valence-corrected chi connectivity index (χ2v) is 4.89. The van der Waals surface area contributed by atoms with E-state index in [1.54, 1.807) is 6.92 Å². The SMILES string of the molecule is CCNC(C)(COCC1CCCC1)C(N)=O. The molecule has 0 aromatic rings. The van der Waals surface area contributed by atoms with Crippen molar-refractivity contribution < 1.29 is 9.53 Å². The normalized spacial score (nSPS) is 20.9. The first-order valence-electron chi connectivity index (χ1n) is 6.21. The van der Waals surface area contributed by atoms with E-state index in [2.05, 4.69) is 5.32 Å². The summed E-state index contributed by atoms with van der Waals surface area (Å²) >= 11 is 0. The van der Waals surface area contributed by atoms with Crippen LogP contribution in [0.25, 0.3) is 0 Å². The molecule has 94 valence electrons. The summed E-state index contributed by atoms with van der Waals surface area (Å²) in [5, 5.41) is 3.08. The molecule has 1 amide bonds. The van der Waals surface area contributed by atoms with Crippen molar-refractivity contribution in [3.63, 3.8) is 0 Å². The lowest BCUT2D eigenvalue weighted by Crippen LogP contribution is -2.56. The van der Waals surface area contributed by atoms with Gasteiger partial charge in [-0.25, -0.2) is 0 Å². The van der Waals surface area contributed by atoms with E-state index in [9.17, 15) is 4.79 Å². The average molecular weight is 228 g/mol. The van der Waals surface area contributed by atoms with Crippen LogP contribution in [0.15, 0.2) is 0 Å². The third kappa shape index (κ3) is 3.76. The first-order valence-corrected chi connectivity index (χ1v) is 6.21. The highest BCUT2D eigenvalue weighted by Crippen LogP contribution is 2.24. The number of ether oxygens (including phenoxy) is 1. The Morgan fingerprint density at radius 3 is 2.62 bits per heavy atom. The van der Waals surface area contributed by atoms with E-state index in [1.165, 1.54) is 25.7 Å². The number of nitrogens with two attached hydrogens (primary N) is 1. The zero-order chi connectivity index (χ0) is 12.0. The maximum atomic E-state index is 11.3. The maximum absolute atomic E-state index is 11.3. The molecule has 1 saturated carbocycles. The van der Waals surface area contributed by atoms with Gasteiger partial charge < -0.3 is 15.8 Å². The number of carbonyl (C=O) groups is 1. The van der Waals surface area contributed by atoms with Gasteiger partial charge in [0.25, 0.3) is 0 Å². The van der Waals surface area contributed by atoms with Gasteiger partial charge in [-0.2, -0.15) is 0 Å². The molecule has 16 heavy (non-hydrogen) atoms. The summed E-state index contributed by atoms with van der Waals surface area (Å²) in [6.07, 6.45) is 5.14. The fourth-order valence-corrected chi connectivity index (χ4v) is 2.21. The number of primary amides is 1. The zero-order valence-electron chi connectivity index (χ0n) is 10.4. The quantitative estimate of drug-likeness (QED) is 0.684. The van der Waals surface area contributed by atoms with Gasteiger partial charge in [-0.3, -0.25) is 4.79 Å². The van der Waals surface area contributed by atoms with Gasteiger partial charge in [-0.05, 0) is 32.2 Å². The van der Waals surface area contributed by atoms with Gasteiger partial charge in [0, 0.05) is 6.61 Å². The third-order valence-corrected chi connectivity index (χ3v) is 3.33. The maximum Gasteiger partial charge on any atom is 0.239 e. The molecule has 4 heteroatoms. The van der Waals surface area contributed by atoms with Crippen molar-refractivity contribution in [2.24, 2.45) is 11.7 Å². The lowest BCUT2D eigenvalue weighted by Gasteiger charge is -2.27. The lowest BCUT2D eigenvalue weighted by molar-refractivity contribution is -0.126. The Morgan fingerprint density at radius 1 is 1.50 bits per heavy atom. The van der Waals surface area contributed by atoms with E-state index in [4.69, 9.17) is 10.5 Å². The molecule has 0 spiro atoms. The third-order valence-electron chi connectivity index (χ3n) is 3.33. The summed E-state index contributed by atoms with van der Waals surface area (Å²) in [6.45, 7) is 5.60. The molecular weight excluding hydrogens is 204 g/mol. The zero-order valence-corrected chi connectivity index (χ0v) is 10.4. The molecule has 0 radical (unpaired) electrons. The number of likely N-dealkylation sites (N-methyl/N-ethyl adjacent to an activating group) is 1. The van der Waals surface area contributed by atoms with E-state index in [0.29, 0.717) is 19.1 Å². The Hall–Kier alpha value is -0.610. The minimum Gasteiger partial charge on any atom is -0.379 e. The number of hydrogen-bond acceptors (Lipinski definition) is 3. The first kappa shape index (κ1) is 13.5. The highest BCUT2D eigenvalue weighted by atomic mass is 16.5. The summed E-state index contributed by atoms with van der Waals surface area (Å²) in [5.74, 6) is 0.333. The predicted molar refractivity (Wildman–Crippen MR) is 64.1 cm³/mol. The van der Waals surface area contributed by atoms with Crippen molar-refractivity contribution in [3.8, 4) is 0 Å². The molecule has 0 aromatic heterocycles. The van der Waals surface area contributed by atoms with E-state index in [1.807, 2.05) is 6.92 Å². The van der Waals surface area contributed by atoms with Crippen molar-refractivity contribution in [2.45, 2.75) is 45.1 Å². The number of hydrogen-bond donors (Lipinski definition) is 2. The minimum atomic E-state index is -0.729. The molecule has 1 aliphatic carbocycles. The van der Waals surface area contributed by atoms with Gasteiger partial charge in [0.15, 0.2) is 0 Å². The summed E-state index contributed by atoms with van der Waals surface area (Å²) < 4.78 is 5.63. The number of amides is 1. The standard InChI is InChI=1S/C12H24N2O2/c1-3-14-12(2,11(13)15)9-16-8-10-6-4-5-7-10/h10,14H,3-9H2,1-2H3,(H2,13,15). The largest absolute Gasteiger partial charge is 0.379 e. The molecule has 1 aliphatic rings. The number of rotatable bonds is 7. The first-order chi connectivity index (χ1) is 7.58. The molecular formula is C12H24N2O2. The molecule has 1 unspecified atom stereocenters. The molecule has 0 heterocycles. The Bertz CT molecular complexity index is 227. The second-order valence-electron chi connectivity index (χ2n) is 4.89. The molecule has 0 saturated heterocycles. The van der Waals surface area contributed by atoms with E-state index in [0.717, 1.165) is 6.61 Å². The molecule has 4 nitrogen and oxygen atoms in total. The Labute approximate surface area is 97.9 Å².